The van der Waals surface area contributed by atoms with Crippen molar-refractivity contribution in [1.29, 1.82) is 0 Å². The third-order valence-electron chi connectivity index (χ3n) is 4.72. The molecular weight excluding hydrogens is 366 g/mol. The van der Waals surface area contributed by atoms with E-state index >= 15 is 0 Å². The fourth-order valence-corrected chi connectivity index (χ4v) is 3.23. The number of nitrogens with zero attached hydrogens (tertiary/aromatic N) is 3. The molecule has 2 aromatic rings. The molecule has 0 aliphatic carbocycles. The smallest absolute Gasteiger partial charge is 0.269 e. The first kappa shape index (κ1) is 17.8. The van der Waals surface area contributed by atoms with Crippen molar-refractivity contribution >= 4 is 23.2 Å². The summed E-state index contributed by atoms with van der Waals surface area (Å²) in [6.45, 7) is 0.738. The van der Waals surface area contributed by atoms with Crippen molar-refractivity contribution in [2.75, 3.05) is 24.9 Å². The lowest BCUT2D eigenvalue weighted by Gasteiger charge is -2.28. The molecule has 2 aliphatic rings. The molecule has 2 heterocycles. The Kier molecular flexibility index (Phi) is 4.56. The number of likely N-dealkylation sites (tertiary alicyclic amines) is 1. The number of anilines is 1. The zero-order valence-corrected chi connectivity index (χ0v) is 14.9. The van der Waals surface area contributed by atoms with Gasteiger partial charge in [-0.25, -0.2) is 0 Å². The molecule has 0 bridgehead atoms. The van der Waals surface area contributed by atoms with Gasteiger partial charge in [-0.2, -0.15) is 0 Å². The van der Waals surface area contributed by atoms with Crippen LogP contribution in [0.5, 0.6) is 11.5 Å². The predicted molar refractivity (Wildman–Crippen MR) is 98.3 cm³/mol. The van der Waals surface area contributed by atoms with E-state index in [1.807, 2.05) is 0 Å². The Labute approximate surface area is 160 Å². The molecule has 0 N–H and O–H groups in total. The molecule has 9 nitrogen and oxygen atoms in total. The summed E-state index contributed by atoms with van der Waals surface area (Å²) >= 11 is 0. The Balaban J connectivity index is 1.66. The topological polar surface area (TPSA) is 102 Å². The quantitative estimate of drug-likeness (QED) is 0.581. The van der Waals surface area contributed by atoms with Gasteiger partial charge in [0.25, 0.3) is 11.6 Å². The van der Waals surface area contributed by atoms with Crippen LogP contribution < -0.4 is 14.4 Å². The van der Waals surface area contributed by atoms with Gasteiger partial charge in [0.1, 0.15) is 6.67 Å². The molecule has 0 radical (unpaired) electrons. The number of non-ortho nitro benzene ring substituents is 1. The molecule has 2 aromatic carbocycles. The zero-order valence-electron chi connectivity index (χ0n) is 14.9. The normalized spacial score (nSPS) is 15.0. The fourth-order valence-electron chi connectivity index (χ4n) is 3.23. The van der Waals surface area contributed by atoms with Gasteiger partial charge in [-0.1, -0.05) is 0 Å². The van der Waals surface area contributed by atoms with E-state index in [1.165, 1.54) is 29.2 Å². The van der Waals surface area contributed by atoms with Gasteiger partial charge in [-0.3, -0.25) is 24.6 Å². The molecule has 0 spiro atoms. The van der Waals surface area contributed by atoms with E-state index in [1.54, 1.807) is 23.1 Å². The van der Waals surface area contributed by atoms with Crippen molar-refractivity contribution in [1.82, 2.24) is 4.90 Å². The SMILES string of the molecule is O=C1CCCN1CN(C(=O)c1ccc2c(c1)OCO2)c1ccc([N+](=O)[O-])cc1. The minimum Gasteiger partial charge on any atom is -0.454 e. The number of hydrogen-bond donors (Lipinski definition) is 0. The Bertz CT molecular complexity index is 943. The van der Waals surface area contributed by atoms with Crippen LogP contribution in [-0.2, 0) is 4.79 Å². The molecule has 0 unspecified atom stereocenters. The average Bonchev–Trinajstić information content (AvgIpc) is 3.33. The maximum atomic E-state index is 13.2. The number of nitro benzene ring substituents is 1. The largest absolute Gasteiger partial charge is 0.454 e. The Morgan fingerprint density at radius 1 is 1.14 bits per heavy atom. The third kappa shape index (κ3) is 3.34. The fraction of sp³-hybridized carbons (Fsp3) is 0.263. The number of nitro groups is 1. The van der Waals surface area contributed by atoms with Gasteiger partial charge in [0.2, 0.25) is 12.7 Å². The maximum Gasteiger partial charge on any atom is 0.269 e. The van der Waals surface area contributed by atoms with Crippen LogP contribution in [-0.4, -0.2) is 41.6 Å². The van der Waals surface area contributed by atoms with Crippen molar-refractivity contribution < 1.29 is 24.0 Å². The zero-order chi connectivity index (χ0) is 19.7. The van der Waals surface area contributed by atoms with E-state index in [0.717, 1.165) is 6.42 Å². The average molecular weight is 383 g/mol. The van der Waals surface area contributed by atoms with Gasteiger partial charge in [-0.05, 0) is 36.8 Å². The molecule has 144 valence electrons. The maximum absolute atomic E-state index is 13.2. The van der Waals surface area contributed by atoms with Crippen molar-refractivity contribution in [2.45, 2.75) is 12.8 Å². The highest BCUT2D eigenvalue weighted by Crippen LogP contribution is 2.33. The molecule has 0 aromatic heterocycles. The highest BCUT2D eigenvalue weighted by Gasteiger charge is 2.27. The standard InChI is InChI=1S/C19H17N3O6/c23-18-2-1-9-20(18)11-21(14-4-6-15(7-5-14)22(25)26)19(24)13-3-8-16-17(10-13)28-12-27-16/h3-8,10H,1-2,9,11-12H2. The van der Waals surface area contributed by atoms with Gasteiger partial charge >= 0.3 is 0 Å². The number of amides is 2. The van der Waals surface area contributed by atoms with Crippen molar-refractivity contribution in [2.24, 2.45) is 0 Å². The van der Waals surface area contributed by atoms with Gasteiger partial charge in [0, 0.05) is 36.3 Å². The van der Waals surface area contributed by atoms with Crippen molar-refractivity contribution in [3.63, 3.8) is 0 Å². The summed E-state index contributed by atoms with van der Waals surface area (Å²) < 4.78 is 10.6. The number of hydrogen-bond acceptors (Lipinski definition) is 6. The second-order valence-corrected chi connectivity index (χ2v) is 6.48. The molecule has 0 saturated carbocycles. The van der Waals surface area contributed by atoms with Crippen LogP contribution in [0.25, 0.3) is 0 Å². The van der Waals surface area contributed by atoms with E-state index in [-0.39, 0.29) is 31.0 Å². The van der Waals surface area contributed by atoms with Crippen LogP contribution in [0.3, 0.4) is 0 Å². The minimum absolute atomic E-state index is 0.0228. The summed E-state index contributed by atoms with van der Waals surface area (Å²) in [5.74, 6) is 0.678. The Morgan fingerprint density at radius 3 is 2.57 bits per heavy atom. The monoisotopic (exact) mass is 383 g/mol. The van der Waals surface area contributed by atoms with E-state index < -0.39 is 4.92 Å². The molecular formula is C19H17N3O6. The first-order valence-corrected chi connectivity index (χ1v) is 8.77. The number of carbonyl (C=O) groups is 2. The number of fused-ring (bicyclic) bond motifs is 1. The Hall–Kier alpha value is -3.62. The van der Waals surface area contributed by atoms with E-state index in [0.29, 0.717) is 35.7 Å². The molecule has 1 saturated heterocycles. The highest BCUT2D eigenvalue weighted by molar-refractivity contribution is 6.06. The summed E-state index contributed by atoms with van der Waals surface area (Å²) in [5, 5.41) is 10.9. The Morgan fingerprint density at radius 2 is 1.89 bits per heavy atom. The molecule has 9 heteroatoms. The molecule has 28 heavy (non-hydrogen) atoms. The van der Waals surface area contributed by atoms with Crippen LogP contribution in [0.4, 0.5) is 11.4 Å². The summed E-state index contributed by atoms with van der Waals surface area (Å²) in [7, 11) is 0. The van der Waals surface area contributed by atoms with Crippen LogP contribution in [0, 0.1) is 10.1 Å². The second-order valence-electron chi connectivity index (χ2n) is 6.48. The molecule has 0 atom stereocenters. The number of ether oxygens (including phenoxy) is 2. The lowest BCUT2D eigenvalue weighted by atomic mass is 10.1. The van der Waals surface area contributed by atoms with E-state index in [4.69, 9.17) is 9.47 Å². The molecule has 4 rings (SSSR count). The van der Waals surface area contributed by atoms with E-state index in [2.05, 4.69) is 0 Å². The molecule has 2 amide bonds. The van der Waals surface area contributed by atoms with Gasteiger partial charge < -0.3 is 14.4 Å². The molecule has 1 fully saturated rings. The first-order chi connectivity index (χ1) is 13.5. The summed E-state index contributed by atoms with van der Waals surface area (Å²) in [5.41, 5.74) is 0.763. The van der Waals surface area contributed by atoms with Crippen molar-refractivity contribution in [3.8, 4) is 11.5 Å². The summed E-state index contributed by atoms with van der Waals surface area (Å²) in [6, 6.07) is 10.6. The summed E-state index contributed by atoms with van der Waals surface area (Å²) in [6.07, 6.45) is 1.19. The molecule has 2 aliphatic heterocycles. The van der Waals surface area contributed by atoms with E-state index in [9.17, 15) is 19.7 Å². The van der Waals surface area contributed by atoms with Gasteiger partial charge in [0.15, 0.2) is 11.5 Å². The summed E-state index contributed by atoms with van der Waals surface area (Å²) in [4.78, 5) is 38.7. The number of benzene rings is 2. The van der Waals surface area contributed by atoms with Crippen LogP contribution in [0.15, 0.2) is 42.5 Å². The first-order valence-electron chi connectivity index (χ1n) is 8.77. The number of rotatable bonds is 5. The number of carbonyl (C=O) groups excluding carboxylic acids is 2. The lowest BCUT2D eigenvalue weighted by molar-refractivity contribution is -0.384. The predicted octanol–water partition coefficient (Wildman–Crippen LogP) is 2.55. The van der Waals surface area contributed by atoms with Crippen molar-refractivity contribution in [3.05, 3.63) is 58.1 Å². The third-order valence-corrected chi connectivity index (χ3v) is 4.72. The minimum atomic E-state index is -0.502. The van der Waals surface area contributed by atoms with Gasteiger partial charge in [-0.15, -0.1) is 0 Å². The van der Waals surface area contributed by atoms with Crippen LogP contribution in [0.1, 0.15) is 23.2 Å². The van der Waals surface area contributed by atoms with Gasteiger partial charge in [0.05, 0.1) is 4.92 Å². The highest BCUT2D eigenvalue weighted by atomic mass is 16.7. The van der Waals surface area contributed by atoms with Crippen LogP contribution >= 0.6 is 0 Å². The second kappa shape index (κ2) is 7.18. The van der Waals surface area contributed by atoms with Crippen LogP contribution in [0.2, 0.25) is 0 Å². The lowest BCUT2D eigenvalue weighted by Crippen LogP contribution is -2.42.